The number of ether oxygens (including phenoxy) is 2. The molecule has 6 N–H and O–H groups in total. The van der Waals surface area contributed by atoms with E-state index in [2.05, 4.69) is 0 Å². The second kappa shape index (κ2) is 17.4. The number of hydrogen-bond acceptors (Lipinski definition) is 12. The molecular weight excluding hydrogens is 515 g/mol. The van der Waals surface area contributed by atoms with Gasteiger partial charge in [-0.3, -0.25) is 18.6 Å². The van der Waals surface area contributed by atoms with Crippen LogP contribution in [0.1, 0.15) is 78.1 Å². The van der Waals surface area contributed by atoms with Gasteiger partial charge >= 0.3 is 19.8 Å². The minimum atomic E-state index is -5.06. The lowest BCUT2D eigenvalue weighted by Crippen LogP contribution is -2.64. The molecule has 218 valence electrons. The predicted octanol–water partition coefficient (Wildman–Crippen LogP) is 0.702. The maximum atomic E-state index is 12.5. The molecule has 1 saturated carbocycles. The van der Waals surface area contributed by atoms with Crippen molar-refractivity contribution < 1.29 is 63.1 Å². The van der Waals surface area contributed by atoms with Crippen LogP contribution in [0.15, 0.2) is 0 Å². The fraction of sp³-hybridized carbons (Fsp3) is 0.913. The van der Waals surface area contributed by atoms with Crippen molar-refractivity contribution in [3.8, 4) is 0 Å². The van der Waals surface area contributed by atoms with E-state index >= 15 is 0 Å². The smallest absolute Gasteiger partial charge is 0.462 e. The van der Waals surface area contributed by atoms with Crippen LogP contribution in [0.2, 0.25) is 0 Å². The molecule has 0 saturated heterocycles. The third-order valence-corrected chi connectivity index (χ3v) is 6.93. The molecule has 1 aliphatic rings. The van der Waals surface area contributed by atoms with Crippen molar-refractivity contribution in [2.45, 2.75) is 121 Å². The first-order valence-electron chi connectivity index (χ1n) is 12.8. The Morgan fingerprint density at radius 3 is 1.73 bits per heavy atom. The van der Waals surface area contributed by atoms with E-state index in [0.29, 0.717) is 12.8 Å². The molecule has 1 rings (SSSR count). The van der Waals surface area contributed by atoms with Crippen LogP contribution in [-0.2, 0) is 32.7 Å². The van der Waals surface area contributed by atoms with E-state index in [4.69, 9.17) is 18.5 Å². The first kappa shape index (κ1) is 33.9. The molecule has 13 nitrogen and oxygen atoms in total. The molecule has 1 fully saturated rings. The summed E-state index contributed by atoms with van der Waals surface area (Å²) >= 11 is 0. The van der Waals surface area contributed by atoms with E-state index in [1.54, 1.807) is 0 Å². The first-order chi connectivity index (χ1) is 17.4. The van der Waals surface area contributed by atoms with Gasteiger partial charge in [0.15, 0.2) is 6.10 Å². The lowest BCUT2D eigenvalue weighted by molar-refractivity contribution is -0.220. The zero-order chi connectivity index (χ0) is 28.0. The van der Waals surface area contributed by atoms with Gasteiger partial charge in [-0.1, -0.05) is 52.4 Å². The molecule has 6 unspecified atom stereocenters. The Kier molecular flexibility index (Phi) is 16.0. The summed E-state index contributed by atoms with van der Waals surface area (Å²) < 4.78 is 32.5. The van der Waals surface area contributed by atoms with E-state index in [9.17, 15) is 44.6 Å². The number of phosphoric ester groups is 1. The van der Waals surface area contributed by atoms with Crippen molar-refractivity contribution in [2.75, 3.05) is 13.2 Å². The van der Waals surface area contributed by atoms with Crippen LogP contribution in [0, 0.1) is 0 Å². The molecule has 0 amide bonds. The standard InChI is InChI=1S/C23H43O13P/c1-3-5-7-9-11-16(24)33-13-15(35-17(25)12-10-8-6-4-2)14-34-37(31,32)36-23-21(29)19(27)18(26)20(28)22(23)30/h15,18-23,26-30H,3-14H2,1-2H3,(H,31,32). The van der Waals surface area contributed by atoms with Crippen molar-refractivity contribution in [3.63, 3.8) is 0 Å². The summed E-state index contributed by atoms with van der Waals surface area (Å²) in [5.41, 5.74) is 0. The maximum absolute atomic E-state index is 12.5. The van der Waals surface area contributed by atoms with Gasteiger partial charge in [-0.25, -0.2) is 4.57 Å². The molecule has 6 atom stereocenters. The zero-order valence-corrected chi connectivity index (χ0v) is 22.4. The van der Waals surface area contributed by atoms with Crippen molar-refractivity contribution in [2.24, 2.45) is 0 Å². The van der Waals surface area contributed by atoms with Gasteiger partial charge in [-0.05, 0) is 12.8 Å². The van der Waals surface area contributed by atoms with Gasteiger partial charge in [0.2, 0.25) is 0 Å². The van der Waals surface area contributed by atoms with E-state index < -0.39 is 75.7 Å². The number of unbranched alkanes of at least 4 members (excludes halogenated alkanes) is 6. The van der Waals surface area contributed by atoms with Crippen molar-refractivity contribution in [3.05, 3.63) is 0 Å². The van der Waals surface area contributed by atoms with Gasteiger partial charge in [0.25, 0.3) is 0 Å². The highest BCUT2D eigenvalue weighted by atomic mass is 31.2. The highest BCUT2D eigenvalue weighted by Gasteiger charge is 2.51. The summed E-state index contributed by atoms with van der Waals surface area (Å²) in [6.07, 6.45) is -6.11. The highest BCUT2D eigenvalue weighted by Crippen LogP contribution is 2.47. The van der Waals surface area contributed by atoms with Gasteiger partial charge < -0.3 is 39.9 Å². The zero-order valence-electron chi connectivity index (χ0n) is 21.5. The summed E-state index contributed by atoms with van der Waals surface area (Å²) in [6.45, 7) is 2.88. The fourth-order valence-corrected chi connectivity index (χ4v) is 4.67. The van der Waals surface area contributed by atoms with Gasteiger partial charge in [0.1, 0.15) is 43.2 Å². The van der Waals surface area contributed by atoms with Crippen molar-refractivity contribution in [1.29, 1.82) is 0 Å². The molecule has 14 heteroatoms. The Hall–Kier alpha value is -1.15. The molecule has 1 aliphatic carbocycles. The van der Waals surface area contributed by atoms with Gasteiger partial charge in [-0.2, -0.15) is 0 Å². The van der Waals surface area contributed by atoms with Crippen LogP contribution in [0.3, 0.4) is 0 Å². The van der Waals surface area contributed by atoms with Crippen molar-refractivity contribution in [1.82, 2.24) is 0 Å². The van der Waals surface area contributed by atoms with Gasteiger partial charge in [0, 0.05) is 12.8 Å². The second-order valence-electron chi connectivity index (χ2n) is 9.20. The molecule has 0 radical (unpaired) electrons. The number of esters is 2. The van der Waals surface area contributed by atoms with E-state index in [-0.39, 0.29) is 12.8 Å². The predicted molar refractivity (Wildman–Crippen MR) is 129 cm³/mol. The summed E-state index contributed by atoms with van der Waals surface area (Å²) in [7, 11) is -5.06. The Bertz CT molecular complexity index is 705. The Balaban J connectivity index is 2.72. The molecule has 0 heterocycles. The van der Waals surface area contributed by atoms with Crippen LogP contribution in [-0.4, -0.2) is 98.3 Å². The largest absolute Gasteiger partial charge is 0.472 e. The maximum Gasteiger partial charge on any atom is 0.472 e. The second-order valence-corrected chi connectivity index (χ2v) is 10.6. The van der Waals surface area contributed by atoms with Gasteiger partial charge in [-0.15, -0.1) is 0 Å². The molecule has 0 aromatic rings. The lowest BCUT2D eigenvalue weighted by Gasteiger charge is -2.41. The van der Waals surface area contributed by atoms with E-state index in [0.717, 1.165) is 38.5 Å². The summed E-state index contributed by atoms with van der Waals surface area (Å²) in [5.74, 6) is -1.14. The minimum absolute atomic E-state index is 0.0906. The number of aliphatic hydroxyl groups excluding tert-OH is 5. The molecular formula is C23H43O13P. The van der Waals surface area contributed by atoms with Crippen LogP contribution < -0.4 is 0 Å². The molecule has 37 heavy (non-hydrogen) atoms. The monoisotopic (exact) mass is 558 g/mol. The molecule has 0 aromatic carbocycles. The highest BCUT2D eigenvalue weighted by molar-refractivity contribution is 7.47. The number of hydrogen-bond donors (Lipinski definition) is 6. The first-order valence-corrected chi connectivity index (χ1v) is 14.3. The van der Waals surface area contributed by atoms with Crippen LogP contribution in [0.4, 0.5) is 0 Å². The summed E-state index contributed by atoms with van der Waals surface area (Å²) in [4.78, 5) is 34.3. The number of phosphoric acid groups is 1. The molecule has 0 bridgehead atoms. The van der Waals surface area contributed by atoms with Crippen LogP contribution >= 0.6 is 7.82 Å². The summed E-state index contributed by atoms with van der Waals surface area (Å²) in [6, 6.07) is 0. The number of carbonyl (C=O) groups is 2. The number of rotatable bonds is 18. The third kappa shape index (κ3) is 12.5. The minimum Gasteiger partial charge on any atom is -0.462 e. The normalized spacial score (nSPS) is 28.3. The van der Waals surface area contributed by atoms with Gasteiger partial charge in [0.05, 0.1) is 6.61 Å². The quantitative estimate of drug-likeness (QED) is 0.0778. The Morgan fingerprint density at radius 2 is 1.22 bits per heavy atom. The van der Waals surface area contributed by atoms with E-state index in [1.807, 2.05) is 13.8 Å². The van der Waals surface area contributed by atoms with Crippen LogP contribution in [0.25, 0.3) is 0 Å². The van der Waals surface area contributed by atoms with E-state index in [1.165, 1.54) is 0 Å². The molecule has 0 aliphatic heterocycles. The fourth-order valence-electron chi connectivity index (χ4n) is 3.69. The average molecular weight is 559 g/mol. The Morgan fingerprint density at radius 1 is 0.730 bits per heavy atom. The SMILES string of the molecule is CCCCCCC(=O)OCC(COP(=O)(O)OC1C(O)C(O)C(O)C(O)C1O)OC(=O)CCCCCC. The topological polar surface area (TPSA) is 210 Å². The number of carbonyl (C=O) groups excluding carboxylic acids is 2. The third-order valence-electron chi connectivity index (χ3n) is 5.95. The average Bonchev–Trinajstić information content (AvgIpc) is 2.86. The summed E-state index contributed by atoms with van der Waals surface area (Å²) in [5, 5.41) is 49.2. The molecule has 0 aromatic heterocycles. The molecule has 0 spiro atoms. The van der Waals surface area contributed by atoms with Crippen LogP contribution in [0.5, 0.6) is 0 Å². The Labute approximate surface area is 217 Å². The van der Waals surface area contributed by atoms with Crippen molar-refractivity contribution >= 4 is 19.8 Å². The lowest BCUT2D eigenvalue weighted by atomic mass is 9.85. The number of aliphatic hydroxyl groups is 5.